The molecule has 1 aliphatic carbocycles. The van der Waals surface area contributed by atoms with E-state index in [0.717, 1.165) is 25.7 Å². The minimum atomic E-state index is -3.33. The van der Waals surface area contributed by atoms with Gasteiger partial charge in [-0.2, -0.15) is 4.31 Å². The summed E-state index contributed by atoms with van der Waals surface area (Å²) in [5, 5.41) is 0. The standard InChI is InChI=1S/C17H26N2O2S/c1-18(2)16-9-11-19(12-10-16)22(20,21)17-8-7-14-5-3-4-6-15(14)13-17/h7-8,13,16H,3-6,9-12H2,1-2H3. The summed E-state index contributed by atoms with van der Waals surface area (Å²) in [5.74, 6) is 0. The Labute approximate surface area is 134 Å². The van der Waals surface area contributed by atoms with Gasteiger partial charge in [0.05, 0.1) is 4.90 Å². The molecule has 5 heteroatoms. The molecule has 1 heterocycles. The quantitative estimate of drug-likeness (QED) is 0.857. The van der Waals surface area contributed by atoms with Crippen LogP contribution >= 0.6 is 0 Å². The van der Waals surface area contributed by atoms with E-state index in [4.69, 9.17) is 0 Å². The van der Waals surface area contributed by atoms with Crippen LogP contribution in [0.15, 0.2) is 23.1 Å². The molecule has 0 N–H and O–H groups in total. The second-order valence-electron chi connectivity index (χ2n) is 6.74. The maximum absolute atomic E-state index is 12.9. The molecule has 2 aliphatic rings. The summed E-state index contributed by atoms with van der Waals surface area (Å²) >= 11 is 0. The van der Waals surface area contributed by atoms with Gasteiger partial charge < -0.3 is 4.90 Å². The van der Waals surface area contributed by atoms with Crippen molar-refractivity contribution in [3.05, 3.63) is 29.3 Å². The van der Waals surface area contributed by atoms with Crippen molar-refractivity contribution in [1.29, 1.82) is 0 Å². The van der Waals surface area contributed by atoms with Crippen molar-refractivity contribution < 1.29 is 8.42 Å². The highest BCUT2D eigenvalue weighted by molar-refractivity contribution is 7.89. The highest BCUT2D eigenvalue weighted by Crippen LogP contribution is 2.27. The van der Waals surface area contributed by atoms with Gasteiger partial charge in [-0.3, -0.25) is 0 Å². The first-order valence-corrected chi connectivity index (χ1v) is 9.71. The van der Waals surface area contributed by atoms with Crippen LogP contribution in [0, 0.1) is 0 Å². The van der Waals surface area contributed by atoms with Crippen LogP contribution in [0.2, 0.25) is 0 Å². The number of hydrogen-bond acceptors (Lipinski definition) is 3. The molecule has 0 spiro atoms. The zero-order valence-electron chi connectivity index (χ0n) is 13.6. The van der Waals surface area contributed by atoms with E-state index in [9.17, 15) is 8.42 Å². The summed E-state index contributed by atoms with van der Waals surface area (Å²) in [7, 11) is 0.806. The molecular weight excluding hydrogens is 296 g/mol. The predicted octanol–water partition coefficient (Wildman–Crippen LogP) is 2.28. The van der Waals surface area contributed by atoms with Gasteiger partial charge in [0.2, 0.25) is 10.0 Å². The normalized spacial score (nSPS) is 21.0. The minimum Gasteiger partial charge on any atom is -0.306 e. The number of rotatable bonds is 3. The van der Waals surface area contributed by atoms with E-state index in [1.165, 1.54) is 24.0 Å². The van der Waals surface area contributed by atoms with E-state index in [1.54, 1.807) is 10.4 Å². The topological polar surface area (TPSA) is 40.6 Å². The molecule has 1 aromatic carbocycles. The highest BCUT2D eigenvalue weighted by Gasteiger charge is 2.30. The zero-order valence-corrected chi connectivity index (χ0v) is 14.4. The van der Waals surface area contributed by atoms with Crippen LogP contribution < -0.4 is 0 Å². The number of hydrogen-bond donors (Lipinski definition) is 0. The Kier molecular flexibility index (Phi) is 4.57. The first kappa shape index (κ1) is 16.0. The Morgan fingerprint density at radius 2 is 1.68 bits per heavy atom. The molecule has 0 aromatic heterocycles. The molecule has 0 radical (unpaired) electrons. The molecule has 0 saturated carbocycles. The first-order valence-electron chi connectivity index (χ1n) is 8.27. The Bertz CT molecular complexity index is 632. The maximum atomic E-state index is 12.9. The van der Waals surface area contributed by atoms with E-state index >= 15 is 0 Å². The SMILES string of the molecule is CN(C)C1CCN(S(=O)(=O)c2ccc3c(c2)CCCC3)CC1. The molecule has 1 saturated heterocycles. The van der Waals surface area contributed by atoms with Gasteiger partial charge in [-0.1, -0.05) is 6.07 Å². The van der Waals surface area contributed by atoms with Crippen LogP contribution in [-0.4, -0.2) is 50.8 Å². The van der Waals surface area contributed by atoms with E-state index in [2.05, 4.69) is 19.0 Å². The van der Waals surface area contributed by atoms with Gasteiger partial charge in [0.15, 0.2) is 0 Å². The van der Waals surface area contributed by atoms with Crippen LogP contribution in [0.4, 0.5) is 0 Å². The molecule has 122 valence electrons. The average Bonchev–Trinajstić information content (AvgIpc) is 2.54. The Hall–Kier alpha value is -0.910. The fourth-order valence-corrected chi connectivity index (χ4v) is 5.14. The zero-order chi connectivity index (χ0) is 15.7. The van der Waals surface area contributed by atoms with Crippen LogP contribution in [-0.2, 0) is 22.9 Å². The number of nitrogens with zero attached hydrogens (tertiary/aromatic N) is 2. The second-order valence-corrected chi connectivity index (χ2v) is 8.67. The fraction of sp³-hybridized carbons (Fsp3) is 0.647. The lowest BCUT2D eigenvalue weighted by Gasteiger charge is -2.34. The predicted molar refractivity (Wildman–Crippen MR) is 88.6 cm³/mol. The molecule has 0 amide bonds. The van der Waals surface area contributed by atoms with Gasteiger partial charge in [0.1, 0.15) is 0 Å². The number of fused-ring (bicyclic) bond motifs is 1. The summed E-state index contributed by atoms with van der Waals surface area (Å²) in [4.78, 5) is 2.68. The van der Waals surface area contributed by atoms with Crippen molar-refractivity contribution in [3.63, 3.8) is 0 Å². The van der Waals surface area contributed by atoms with Crippen molar-refractivity contribution in [2.75, 3.05) is 27.2 Å². The highest BCUT2D eigenvalue weighted by atomic mass is 32.2. The largest absolute Gasteiger partial charge is 0.306 e. The number of sulfonamides is 1. The summed E-state index contributed by atoms with van der Waals surface area (Å²) < 4.78 is 27.4. The third-order valence-corrected chi connectivity index (χ3v) is 7.01. The van der Waals surface area contributed by atoms with Crippen molar-refractivity contribution in [2.24, 2.45) is 0 Å². The van der Waals surface area contributed by atoms with Crippen LogP contribution in [0.5, 0.6) is 0 Å². The smallest absolute Gasteiger partial charge is 0.243 e. The monoisotopic (exact) mass is 322 g/mol. The van der Waals surface area contributed by atoms with Crippen molar-refractivity contribution in [1.82, 2.24) is 9.21 Å². The van der Waals surface area contributed by atoms with Crippen molar-refractivity contribution in [3.8, 4) is 0 Å². The third-order valence-electron chi connectivity index (χ3n) is 5.11. The molecular formula is C17H26N2O2S. The lowest BCUT2D eigenvalue weighted by atomic mass is 9.92. The molecule has 3 rings (SSSR count). The molecule has 0 atom stereocenters. The van der Waals surface area contributed by atoms with E-state index in [0.29, 0.717) is 24.0 Å². The number of benzene rings is 1. The Balaban J connectivity index is 1.79. The van der Waals surface area contributed by atoms with E-state index in [-0.39, 0.29) is 0 Å². The van der Waals surface area contributed by atoms with Gasteiger partial charge in [0, 0.05) is 19.1 Å². The van der Waals surface area contributed by atoms with Gasteiger partial charge in [0.25, 0.3) is 0 Å². The molecule has 0 bridgehead atoms. The summed E-state index contributed by atoms with van der Waals surface area (Å²) in [6.07, 6.45) is 6.32. The summed E-state index contributed by atoms with van der Waals surface area (Å²) in [6, 6.07) is 6.24. The van der Waals surface area contributed by atoms with E-state index < -0.39 is 10.0 Å². The minimum absolute atomic E-state index is 0.483. The lowest BCUT2D eigenvalue weighted by molar-refractivity contribution is 0.196. The van der Waals surface area contributed by atoms with Gasteiger partial charge in [-0.05, 0) is 75.9 Å². The van der Waals surface area contributed by atoms with E-state index in [1.807, 2.05) is 12.1 Å². The third kappa shape index (κ3) is 3.07. The number of aryl methyl sites for hydroxylation is 2. The molecule has 1 aliphatic heterocycles. The summed E-state index contributed by atoms with van der Waals surface area (Å²) in [6.45, 7) is 1.25. The Morgan fingerprint density at radius 1 is 1.05 bits per heavy atom. The molecule has 22 heavy (non-hydrogen) atoms. The molecule has 0 unspecified atom stereocenters. The van der Waals surface area contributed by atoms with Crippen LogP contribution in [0.3, 0.4) is 0 Å². The lowest BCUT2D eigenvalue weighted by Crippen LogP contribution is -2.44. The Morgan fingerprint density at radius 3 is 2.32 bits per heavy atom. The van der Waals surface area contributed by atoms with Crippen LogP contribution in [0.1, 0.15) is 36.8 Å². The first-order chi connectivity index (χ1) is 10.5. The van der Waals surface area contributed by atoms with Crippen LogP contribution in [0.25, 0.3) is 0 Å². The summed E-state index contributed by atoms with van der Waals surface area (Å²) in [5.41, 5.74) is 2.56. The number of piperidine rings is 1. The van der Waals surface area contributed by atoms with Gasteiger partial charge in [-0.25, -0.2) is 8.42 Å². The van der Waals surface area contributed by atoms with Crippen molar-refractivity contribution >= 4 is 10.0 Å². The maximum Gasteiger partial charge on any atom is 0.243 e. The molecule has 1 aromatic rings. The second kappa shape index (κ2) is 6.30. The average molecular weight is 322 g/mol. The van der Waals surface area contributed by atoms with Crippen molar-refractivity contribution in [2.45, 2.75) is 49.5 Å². The molecule has 1 fully saturated rings. The molecule has 4 nitrogen and oxygen atoms in total. The van der Waals surface area contributed by atoms with Gasteiger partial charge >= 0.3 is 0 Å². The van der Waals surface area contributed by atoms with Gasteiger partial charge in [-0.15, -0.1) is 0 Å². The fourth-order valence-electron chi connectivity index (χ4n) is 3.62.